The number of rotatable bonds is 5. The van der Waals surface area contributed by atoms with E-state index in [4.69, 9.17) is 0 Å². The largest absolute Gasteiger partial charge is 0.377 e. The second-order valence-corrected chi connectivity index (χ2v) is 5.63. The van der Waals surface area contributed by atoms with Gasteiger partial charge in [-0.25, -0.2) is 9.67 Å². The van der Waals surface area contributed by atoms with Crippen LogP contribution in [-0.4, -0.2) is 14.8 Å². The zero-order valence-electron chi connectivity index (χ0n) is 12.5. The second-order valence-electron chi connectivity index (χ2n) is 5.63. The van der Waals surface area contributed by atoms with Crippen LogP contribution in [0.3, 0.4) is 0 Å². The fourth-order valence-electron chi connectivity index (χ4n) is 2.48. The molecule has 0 amide bonds. The summed E-state index contributed by atoms with van der Waals surface area (Å²) in [6.07, 6.45) is 1.63. The number of benzene rings is 2. The van der Waals surface area contributed by atoms with E-state index < -0.39 is 0 Å². The molecule has 0 spiro atoms. The van der Waals surface area contributed by atoms with E-state index in [0.29, 0.717) is 12.5 Å². The van der Waals surface area contributed by atoms with Crippen molar-refractivity contribution in [2.24, 2.45) is 5.92 Å². The van der Waals surface area contributed by atoms with Gasteiger partial charge in [-0.3, -0.25) is 0 Å². The molecular formula is C17H20N4. The van der Waals surface area contributed by atoms with E-state index in [1.165, 1.54) is 10.8 Å². The van der Waals surface area contributed by atoms with Gasteiger partial charge in [0.1, 0.15) is 12.2 Å². The topological polar surface area (TPSA) is 42.7 Å². The molecule has 3 rings (SSSR count). The molecule has 4 nitrogen and oxygen atoms in total. The van der Waals surface area contributed by atoms with E-state index in [-0.39, 0.29) is 0 Å². The predicted molar refractivity (Wildman–Crippen MR) is 86.1 cm³/mol. The van der Waals surface area contributed by atoms with Crippen LogP contribution in [0.25, 0.3) is 10.8 Å². The molecule has 3 aromatic rings. The van der Waals surface area contributed by atoms with Crippen molar-refractivity contribution in [2.75, 3.05) is 5.32 Å². The third-order valence-electron chi connectivity index (χ3n) is 3.46. The Hall–Kier alpha value is -2.36. The lowest BCUT2D eigenvalue weighted by atomic mass is 10.1. The first-order valence-corrected chi connectivity index (χ1v) is 7.32. The van der Waals surface area contributed by atoms with Gasteiger partial charge >= 0.3 is 0 Å². The Morgan fingerprint density at radius 2 is 1.90 bits per heavy atom. The molecular weight excluding hydrogens is 260 g/mol. The number of nitrogens with one attached hydrogen (secondary N) is 1. The Balaban J connectivity index is 1.79. The molecule has 0 saturated heterocycles. The normalized spacial score (nSPS) is 11.2. The molecule has 1 aromatic heterocycles. The fraction of sp³-hybridized carbons (Fsp3) is 0.294. The van der Waals surface area contributed by atoms with E-state index in [1.807, 2.05) is 4.68 Å². The van der Waals surface area contributed by atoms with Crippen LogP contribution in [0.4, 0.5) is 5.69 Å². The number of hydrogen-bond donors (Lipinski definition) is 1. The Bertz CT molecular complexity index is 725. The van der Waals surface area contributed by atoms with Gasteiger partial charge in [0.2, 0.25) is 0 Å². The summed E-state index contributed by atoms with van der Waals surface area (Å²) in [6.45, 7) is 5.94. The molecule has 0 saturated carbocycles. The Morgan fingerprint density at radius 1 is 1.10 bits per heavy atom. The molecule has 1 heterocycles. The maximum atomic E-state index is 4.35. The highest BCUT2D eigenvalue weighted by Crippen LogP contribution is 2.23. The summed E-state index contributed by atoms with van der Waals surface area (Å²) in [5.74, 6) is 1.53. The Labute approximate surface area is 124 Å². The smallest absolute Gasteiger partial charge is 0.146 e. The molecule has 0 bridgehead atoms. The van der Waals surface area contributed by atoms with E-state index in [2.05, 4.69) is 71.7 Å². The average Bonchev–Trinajstić information content (AvgIpc) is 2.91. The Morgan fingerprint density at radius 3 is 2.76 bits per heavy atom. The van der Waals surface area contributed by atoms with Crippen molar-refractivity contribution in [3.8, 4) is 0 Å². The van der Waals surface area contributed by atoms with Gasteiger partial charge in [0.05, 0.1) is 6.54 Å². The Kier molecular flexibility index (Phi) is 3.86. The van der Waals surface area contributed by atoms with Crippen molar-refractivity contribution < 1.29 is 0 Å². The number of hydrogen-bond acceptors (Lipinski definition) is 3. The van der Waals surface area contributed by atoms with Gasteiger partial charge in [0.25, 0.3) is 0 Å². The molecule has 21 heavy (non-hydrogen) atoms. The van der Waals surface area contributed by atoms with Crippen molar-refractivity contribution in [2.45, 2.75) is 26.9 Å². The summed E-state index contributed by atoms with van der Waals surface area (Å²) in [5, 5.41) is 10.3. The third-order valence-corrected chi connectivity index (χ3v) is 3.46. The molecule has 0 aliphatic carbocycles. The van der Waals surface area contributed by atoms with Gasteiger partial charge in [-0.1, -0.05) is 50.2 Å². The predicted octanol–water partition coefficient (Wildman–Crippen LogP) is 3.70. The molecule has 108 valence electrons. The molecule has 0 fully saturated rings. The minimum absolute atomic E-state index is 0.558. The van der Waals surface area contributed by atoms with Gasteiger partial charge in [-0.2, -0.15) is 5.10 Å². The SMILES string of the molecule is CC(C)Cn1ncnc1CNc1cccc2ccccc12. The minimum Gasteiger partial charge on any atom is -0.377 e. The van der Waals surface area contributed by atoms with Gasteiger partial charge in [0, 0.05) is 17.6 Å². The molecule has 2 aromatic carbocycles. The van der Waals surface area contributed by atoms with E-state index in [9.17, 15) is 0 Å². The molecule has 0 aliphatic rings. The van der Waals surface area contributed by atoms with Gasteiger partial charge < -0.3 is 5.32 Å². The first kappa shape index (κ1) is 13.6. The van der Waals surface area contributed by atoms with Crippen LogP contribution in [0, 0.1) is 5.92 Å². The fourth-order valence-corrected chi connectivity index (χ4v) is 2.48. The standard InChI is InChI=1S/C17H20N4/c1-13(2)11-21-17(19-12-20-21)10-18-16-9-5-7-14-6-3-4-8-15(14)16/h3-9,12-13,18H,10-11H2,1-2H3. The summed E-state index contributed by atoms with van der Waals surface area (Å²) in [4.78, 5) is 4.35. The van der Waals surface area contributed by atoms with E-state index in [0.717, 1.165) is 18.1 Å². The van der Waals surface area contributed by atoms with Crippen LogP contribution in [-0.2, 0) is 13.1 Å². The maximum Gasteiger partial charge on any atom is 0.146 e. The molecule has 0 unspecified atom stereocenters. The summed E-state index contributed by atoms with van der Waals surface area (Å²) in [6, 6.07) is 14.7. The summed E-state index contributed by atoms with van der Waals surface area (Å²) in [7, 11) is 0. The number of nitrogens with zero attached hydrogens (tertiary/aromatic N) is 3. The maximum absolute atomic E-state index is 4.35. The molecule has 0 aliphatic heterocycles. The van der Waals surface area contributed by atoms with Crippen molar-refractivity contribution in [3.63, 3.8) is 0 Å². The third kappa shape index (κ3) is 3.05. The monoisotopic (exact) mass is 280 g/mol. The second kappa shape index (κ2) is 5.95. The lowest BCUT2D eigenvalue weighted by molar-refractivity contribution is 0.468. The molecule has 0 radical (unpaired) electrons. The van der Waals surface area contributed by atoms with Crippen LogP contribution in [0.15, 0.2) is 48.8 Å². The average molecular weight is 280 g/mol. The van der Waals surface area contributed by atoms with Crippen LogP contribution < -0.4 is 5.32 Å². The number of anilines is 1. The first-order chi connectivity index (χ1) is 10.2. The highest BCUT2D eigenvalue weighted by molar-refractivity contribution is 5.93. The van der Waals surface area contributed by atoms with Gasteiger partial charge in [-0.05, 0) is 17.4 Å². The van der Waals surface area contributed by atoms with Gasteiger partial charge in [-0.15, -0.1) is 0 Å². The van der Waals surface area contributed by atoms with Crippen LogP contribution in [0.2, 0.25) is 0 Å². The van der Waals surface area contributed by atoms with Crippen molar-refractivity contribution in [3.05, 3.63) is 54.6 Å². The zero-order chi connectivity index (χ0) is 14.7. The lowest BCUT2D eigenvalue weighted by Crippen LogP contribution is -2.13. The van der Waals surface area contributed by atoms with Crippen molar-refractivity contribution in [1.82, 2.24) is 14.8 Å². The lowest BCUT2D eigenvalue weighted by Gasteiger charge is -2.11. The van der Waals surface area contributed by atoms with Crippen LogP contribution in [0.1, 0.15) is 19.7 Å². The highest BCUT2D eigenvalue weighted by atomic mass is 15.3. The van der Waals surface area contributed by atoms with Crippen LogP contribution >= 0.6 is 0 Å². The van der Waals surface area contributed by atoms with Crippen molar-refractivity contribution in [1.29, 1.82) is 0 Å². The van der Waals surface area contributed by atoms with Crippen LogP contribution in [0.5, 0.6) is 0 Å². The van der Waals surface area contributed by atoms with E-state index in [1.54, 1.807) is 6.33 Å². The highest BCUT2D eigenvalue weighted by Gasteiger charge is 2.07. The summed E-state index contributed by atoms with van der Waals surface area (Å²) >= 11 is 0. The van der Waals surface area contributed by atoms with E-state index >= 15 is 0 Å². The van der Waals surface area contributed by atoms with Crippen molar-refractivity contribution >= 4 is 16.5 Å². The zero-order valence-corrected chi connectivity index (χ0v) is 12.5. The first-order valence-electron chi connectivity index (χ1n) is 7.32. The molecule has 1 N–H and O–H groups in total. The molecule has 0 atom stereocenters. The summed E-state index contributed by atoms with van der Waals surface area (Å²) in [5.41, 5.74) is 1.13. The van der Waals surface area contributed by atoms with Gasteiger partial charge in [0.15, 0.2) is 0 Å². The molecule has 4 heteroatoms. The minimum atomic E-state index is 0.558. The number of fused-ring (bicyclic) bond motifs is 1. The number of aromatic nitrogens is 3. The quantitative estimate of drug-likeness (QED) is 0.775. The summed E-state index contributed by atoms with van der Waals surface area (Å²) < 4.78 is 1.97.